The summed E-state index contributed by atoms with van der Waals surface area (Å²) < 4.78 is 6.92. The first-order chi connectivity index (χ1) is 13.1. The van der Waals surface area contributed by atoms with Crippen LogP contribution in [0.25, 0.3) is 0 Å². The van der Waals surface area contributed by atoms with Crippen LogP contribution < -0.4 is 15.4 Å². The molecule has 1 unspecified atom stereocenters. The molecule has 0 saturated carbocycles. The predicted octanol–water partition coefficient (Wildman–Crippen LogP) is 4.55. The minimum absolute atomic E-state index is 0.193. The summed E-state index contributed by atoms with van der Waals surface area (Å²) in [6.45, 7) is 0.510. The van der Waals surface area contributed by atoms with Gasteiger partial charge in [0.25, 0.3) is 0 Å². The van der Waals surface area contributed by atoms with E-state index in [2.05, 4.69) is 26.6 Å². The van der Waals surface area contributed by atoms with Gasteiger partial charge in [0.2, 0.25) is 0 Å². The molecule has 2 N–H and O–H groups in total. The van der Waals surface area contributed by atoms with Crippen LogP contribution >= 0.6 is 28.1 Å². The molecule has 0 fully saturated rings. The molecule has 4 rings (SSSR count). The maximum absolute atomic E-state index is 12.5. The van der Waals surface area contributed by atoms with E-state index in [1.807, 2.05) is 48.5 Å². The molecule has 0 spiro atoms. The molecule has 0 bridgehead atoms. The Balaban J connectivity index is 1.50. The Labute approximate surface area is 172 Å². The van der Waals surface area contributed by atoms with E-state index in [9.17, 15) is 4.79 Å². The highest BCUT2D eigenvalue weighted by Crippen LogP contribution is 2.34. The van der Waals surface area contributed by atoms with Crippen LogP contribution in [0, 0.1) is 0 Å². The molecule has 0 saturated heterocycles. The number of Topliss-reactive ketones (excluding diaryl/α,β-unsaturated/α-hetero) is 1. The Kier molecular flexibility index (Phi) is 5.27. The molecule has 2 aliphatic rings. The number of rotatable bonds is 4. The van der Waals surface area contributed by atoms with Crippen molar-refractivity contribution in [1.82, 2.24) is 10.6 Å². The molecule has 2 aromatic rings. The van der Waals surface area contributed by atoms with Gasteiger partial charge >= 0.3 is 0 Å². The molecular weight excluding hydrogens is 424 g/mol. The number of hydrogen-bond donors (Lipinski definition) is 2. The molecule has 0 radical (unpaired) electrons. The first kappa shape index (κ1) is 18.2. The lowest BCUT2D eigenvalue weighted by Gasteiger charge is -2.33. The highest BCUT2D eigenvalue weighted by atomic mass is 79.9. The normalized spacial score (nSPS) is 19.2. The highest BCUT2D eigenvalue weighted by Gasteiger charge is 2.33. The molecule has 1 aliphatic heterocycles. The molecule has 1 aliphatic carbocycles. The van der Waals surface area contributed by atoms with Gasteiger partial charge in [-0.1, -0.05) is 40.2 Å². The van der Waals surface area contributed by atoms with Gasteiger partial charge in [0, 0.05) is 22.2 Å². The predicted molar refractivity (Wildman–Crippen MR) is 112 cm³/mol. The molecule has 0 aromatic heterocycles. The SMILES string of the molecule is O=C1CCCC2=C1C(c1ccc(OCc3ccc(Br)cc3)cc1)NC(=S)N2. The van der Waals surface area contributed by atoms with Gasteiger partial charge in [0.1, 0.15) is 12.4 Å². The summed E-state index contributed by atoms with van der Waals surface area (Å²) in [6.07, 6.45) is 2.34. The van der Waals surface area contributed by atoms with Gasteiger partial charge in [-0.3, -0.25) is 4.79 Å². The second-order valence-corrected chi connectivity index (χ2v) is 8.01. The Hall–Kier alpha value is -2.18. The molecule has 4 nitrogen and oxygen atoms in total. The Morgan fingerprint density at radius 1 is 1.07 bits per heavy atom. The van der Waals surface area contributed by atoms with Crippen LogP contribution in [0.1, 0.15) is 36.4 Å². The van der Waals surface area contributed by atoms with Crippen molar-refractivity contribution in [1.29, 1.82) is 0 Å². The average molecular weight is 443 g/mol. The number of ether oxygens (including phenoxy) is 1. The van der Waals surface area contributed by atoms with E-state index in [0.29, 0.717) is 18.1 Å². The third-order valence-corrected chi connectivity index (χ3v) is 5.57. The Morgan fingerprint density at radius 3 is 2.56 bits per heavy atom. The molecule has 2 aromatic carbocycles. The number of halogens is 1. The van der Waals surface area contributed by atoms with Crippen LogP contribution in [0.15, 0.2) is 64.3 Å². The minimum Gasteiger partial charge on any atom is -0.489 e. The van der Waals surface area contributed by atoms with Crippen molar-refractivity contribution in [2.75, 3.05) is 0 Å². The third kappa shape index (κ3) is 4.06. The van der Waals surface area contributed by atoms with Crippen LogP contribution in [-0.4, -0.2) is 10.9 Å². The van der Waals surface area contributed by atoms with Crippen LogP contribution in [0.3, 0.4) is 0 Å². The molecule has 1 atom stereocenters. The van der Waals surface area contributed by atoms with Crippen molar-refractivity contribution >= 4 is 39.0 Å². The van der Waals surface area contributed by atoms with Crippen molar-refractivity contribution in [2.45, 2.75) is 31.9 Å². The minimum atomic E-state index is -0.193. The summed E-state index contributed by atoms with van der Waals surface area (Å²) >= 11 is 8.76. The molecule has 6 heteroatoms. The standard InChI is InChI=1S/C21H19BrN2O2S/c22-15-8-4-13(5-9-15)12-26-16-10-6-14(7-11-16)20-19-17(23-21(27)24-20)2-1-3-18(19)25/h4-11,20H,1-3,12H2,(H2,23,24,27). The lowest BCUT2D eigenvalue weighted by Crippen LogP contribution is -2.46. The van der Waals surface area contributed by atoms with E-state index in [4.69, 9.17) is 17.0 Å². The summed E-state index contributed by atoms with van der Waals surface area (Å²) in [7, 11) is 0. The van der Waals surface area contributed by atoms with Crippen molar-refractivity contribution < 1.29 is 9.53 Å². The van der Waals surface area contributed by atoms with Crippen LogP contribution in [-0.2, 0) is 11.4 Å². The molecule has 1 heterocycles. The smallest absolute Gasteiger partial charge is 0.171 e. The average Bonchev–Trinajstić information content (AvgIpc) is 2.67. The number of thiocarbonyl (C=S) groups is 1. The van der Waals surface area contributed by atoms with Gasteiger partial charge in [-0.2, -0.15) is 0 Å². The quantitative estimate of drug-likeness (QED) is 0.679. The zero-order chi connectivity index (χ0) is 18.8. The zero-order valence-corrected chi connectivity index (χ0v) is 17.0. The summed E-state index contributed by atoms with van der Waals surface area (Å²) in [5, 5.41) is 6.97. The van der Waals surface area contributed by atoms with E-state index in [1.54, 1.807) is 0 Å². The number of ketones is 1. The number of carbonyl (C=O) groups excluding carboxylic acids is 1. The Morgan fingerprint density at radius 2 is 1.81 bits per heavy atom. The van der Waals surface area contributed by atoms with Gasteiger partial charge in [0.15, 0.2) is 10.9 Å². The molecular formula is C21H19BrN2O2S. The summed E-state index contributed by atoms with van der Waals surface area (Å²) in [6, 6.07) is 15.7. The van der Waals surface area contributed by atoms with Crippen molar-refractivity contribution in [2.24, 2.45) is 0 Å². The van der Waals surface area contributed by atoms with Crippen molar-refractivity contribution in [3.05, 3.63) is 75.4 Å². The van der Waals surface area contributed by atoms with E-state index in [-0.39, 0.29) is 11.8 Å². The van der Waals surface area contributed by atoms with Crippen molar-refractivity contribution in [3.63, 3.8) is 0 Å². The fourth-order valence-electron chi connectivity index (χ4n) is 3.46. The summed E-state index contributed by atoms with van der Waals surface area (Å²) in [4.78, 5) is 12.5. The maximum atomic E-state index is 12.5. The van der Waals surface area contributed by atoms with E-state index >= 15 is 0 Å². The van der Waals surface area contributed by atoms with E-state index in [1.165, 1.54) is 0 Å². The second-order valence-electron chi connectivity index (χ2n) is 6.68. The van der Waals surface area contributed by atoms with Gasteiger partial charge < -0.3 is 15.4 Å². The van der Waals surface area contributed by atoms with Gasteiger partial charge in [0.05, 0.1) is 6.04 Å². The summed E-state index contributed by atoms with van der Waals surface area (Å²) in [5.41, 5.74) is 3.90. The summed E-state index contributed by atoms with van der Waals surface area (Å²) in [5.74, 6) is 0.988. The third-order valence-electron chi connectivity index (χ3n) is 4.82. The molecule has 27 heavy (non-hydrogen) atoms. The number of allylic oxidation sites excluding steroid dienone is 1. The number of benzene rings is 2. The van der Waals surface area contributed by atoms with Crippen molar-refractivity contribution in [3.8, 4) is 5.75 Å². The van der Waals surface area contributed by atoms with Gasteiger partial charge in [-0.05, 0) is 60.5 Å². The maximum Gasteiger partial charge on any atom is 0.171 e. The fourth-order valence-corrected chi connectivity index (χ4v) is 3.96. The van der Waals surface area contributed by atoms with Crippen LogP contribution in [0.2, 0.25) is 0 Å². The lowest BCUT2D eigenvalue weighted by atomic mass is 9.85. The first-order valence-electron chi connectivity index (χ1n) is 8.91. The lowest BCUT2D eigenvalue weighted by molar-refractivity contribution is -0.116. The molecule has 138 valence electrons. The number of hydrogen-bond acceptors (Lipinski definition) is 3. The fraction of sp³-hybridized carbons (Fsp3) is 0.238. The Bertz CT molecular complexity index is 907. The van der Waals surface area contributed by atoms with Crippen LogP contribution in [0.5, 0.6) is 5.75 Å². The van der Waals surface area contributed by atoms with E-state index < -0.39 is 0 Å². The van der Waals surface area contributed by atoms with Crippen LogP contribution in [0.4, 0.5) is 0 Å². The first-order valence-corrected chi connectivity index (χ1v) is 10.1. The molecule has 0 amide bonds. The van der Waals surface area contributed by atoms with E-state index in [0.717, 1.165) is 45.5 Å². The number of carbonyl (C=O) groups is 1. The zero-order valence-electron chi connectivity index (χ0n) is 14.6. The topological polar surface area (TPSA) is 50.4 Å². The number of nitrogens with one attached hydrogen (secondary N) is 2. The van der Waals surface area contributed by atoms with Gasteiger partial charge in [-0.15, -0.1) is 0 Å². The largest absolute Gasteiger partial charge is 0.489 e. The second kappa shape index (κ2) is 7.82. The highest BCUT2D eigenvalue weighted by molar-refractivity contribution is 9.10. The van der Waals surface area contributed by atoms with Gasteiger partial charge in [-0.25, -0.2) is 0 Å². The monoisotopic (exact) mass is 442 g/mol.